The van der Waals surface area contributed by atoms with Crippen molar-refractivity contribution in [3.8, 4) is 0 Å². The van der Waals surface area contributed by atoms with E-state index in [9.17, 15) is 18.0 Å². The van der Waals surface area contributed by atoms with Crippen LogP contribution in [0.2, 0.25) is 0 Å². The van der Waals surface area contributed by atoms with Crippen molar-refractivity contribution in [3.05, 3.63) is 29.1 Å². The van der Waals surface area contributed by atoms with Crippen molar-refractivity contribution in [1.29, 1.82) is 0 Å². The van der Waals surface area contributed by atoms with Crippen LogP contribution in [0.4, 0.5) is 13.2 Å². The molecule has 0 saturated carbocycles. The minimum Gasteiger partial charge on any atom is -0.385 e. The quantitative estimate of drug-likeness (QED) is 0.643. The summed E-state index contributed by atoms with van der Waals surface area (Å²) in [6.07, 6.45) is -3.89. The molecule has 5 nitrogen and oxygen atoms in total. The molecule has 8 heteroatoms. The third-order valence-corrected chi connectivity index (χ3v) is 2.47. The smallest absolute Gasteiger partial charge is 0.385 e. The van der Waals surface area contributed by atoms with Crippen LogP contribution in [0, 0.1) is 0 Å². The van der Waals surface area contributed by atoms with E-state index < -0.39 is 17.8 Å². The normalized spacial score (nSPS) is 11.4. The predicted octanol–water partition coefficient (Wildman–Crippen LogP) is 1.97. The fraction of sp³-hybridized carbons (Fsp3) is 0.500. The van der Waals surface area contributed by atoms with E-state index in [1.165, 1.54) is 14.2 Å². The molecule has 0 fully saturated rings. The van der Waals surface area contributed by atoms with Gasteiger partial charge in [-0.15, -0.1) is 0 Å². The fourth-order valence-electron chi connectivity index (χ4n) is 1.59. The summed E-state index contributed by atoms with van der Waals surface area (Å²) in [7, 11) is 2.72. The number of hydrogen-bond donors (Lipinski definition) is 1. The molecule has 20 heavy (non-hydrogen) atoms. The zero-order valence-corrected chi connectivity index (χ0v) is 11.1. The van der Waals surface area contributed by atoms with E-state index in [4.69, 9.17) is 4.74 Å². The van der Waals surface area contributed by atoms with Gasteiger partial charge in [-0.1, -0.05) is 0 Å². The maximum Gasteiger partial charge on any atom is 0.433 e. The molecule has 0 unspecified atom stereocenters. The van der Waals surface area contributed by atoms with E-state index in [1.54, 1.807) is 0 Å². The van der Waals surface area contributed by atoms with E-state index in [0.717, 1.165) is 12.1 Å². The van der Waals surface area contributed by atoms with Gasteiger partial charge in [0, 0.05) is 13.7 Å². The van der Waals surface area contributed by atoms with Gasteiger partial charge in [0.05, 0.1) is 18.4 Å². The highest BCUT2D eigenvalue weighted by Gasteiger charge is 2.33. The van der Waals surface area contributed by atoms with E-state index in [1.807, 2.05) is 0 Å². The Kier molecular flexibility index (Phi) is 5.90. The van der Waals surface area contributed by atoms with Gasteiger partial charge in [-0.3, -0.25) is 9.63 Å². The van der Waals surface area contributed by atoms with Crippen molar-refractivity contribution >= 4 is 5.91 Å². The molecule has 0 aromatic carbocycles. The van der Waals surface area contributed by atoms with Crippen LogP contribution >= 0.6 is 0 Å². The molecule has 112 valence electrons. The van der Waals surface area contributed by atoms with Gasteiger partial charge >= 0.3 is 6.18 Å². The Balaban J connectivity index is 3.06. The van der Waals surface area contributed by atoms with Gasteiger partial charge in [0.1, 0.15) is 5.69 Å². The maximum atomic E-state index is 12.6. The molecule has 1 aromatic heterocycles. The van der Waals surface area contributed by atoms with Crippen LogP contribution in [0.1, 0.15) is 28.2 Å². The highest BCUT2D eigenvalue weighted by Crippen LogP contribution is 2.28. The van der Waals surface area contributed by atoms with Crippen molar-refractivity contribution in [2.24, 2.45) is 0 Å². The van der Waals surface area contributed by atoms with Gasteiger partial charge in [-0.2, -0.15) is 13.2 Å². The minimum absolute atomic E-state index is 0.0518. The first kappa shape index (κ1) is 16.4. The molecular weight excluding hydrogens is 277 g/mol. The van der Waals surface area contributed by atoms with Crippen LogP contribution in [-0.4, -0.2) is 31.7 Å². The fourth-order valence-corrected chi connectivity index (χ4v) is 1.59. The lowest BCUT2D eigenvalue weighted by Crippen LogP contribution is -2.24. The molecule has 0 aliphatic carbocycles. The van der Waals surface area contributed by atoms with Crippen LogP contribution in [0.25, 0.3) is 0 Å². The first-order valence-corrected chi connectivity index (χ1v) is 5.79. The van der Waals surface area contributed by atoms with E-state index in [0.29, 0.717) is 13.0 Å². The molecule has 0 atom stereocenters. The Morgan fingerprint density at radius 1 is 1.35 bits per heavy atom. The molecule has 0 saturated heterocycles. The number of halogens is 3. The lowest BCUT2D eigenvalue weighted by Gasteiger charge is -2.12. The topological polar surface area (TPSA) is 60.5 Å². The van der Waals surface area contributed by atoms with E-state index in [-0.39, 0.29) is 17.7 Å². The minimum atomic E-state index is -4.55. The summed E-state index contributed by atoms with van der Waals surface area (Å²) in [6.45, 7) is 0.364. The largest absolute Gasteiger partial charge is 0.433 e. The Hall–Kier alpha value is -1.67. The zero-order chi connectivity index (χ0) is 15.2. The average molecular weight is 292 g/mol. The monoisotopic (exact) mass is 292 g/mol. The standard InChI is InChI=1S/C12H15F3N2O3/c1-19-7-3-4-9-8(11(18)17-20-2)5-6-10(16-9)12(13,14)15/h5-6H,3-4,7H2,1-2H3,(H,17,18). The third kappa shape index (κ3) is 4.46. The van der Waals surface area contributed by atoms with Crippen molar-refractivity contribution in [2.45, 2.75) is 19.0 Å². The number of alkyl halides is 3. The Bertz CT molecular complexity index is 464. The number of aryl methyl sites for hydroxylation is 1. The molecule has 1 aromatic rings. The van der Waals surface area contributed by atoms with E-state index in [2.05, 4.69) is 15.3 Å². The first-order valence-electron chi connectivity index (χ1n) is 5.79. The number of carbonyl (C=O) groups is 1. The maximum absolute atomic E-state index is 12.6. The highest BCUT2D eigenvalue weighted by molar-refractivity contribution is 5.94. The van der Waals surface area contributed by atoms with Crippen molar-refractivity contribution in [3.63, 3.8) is 0 Å². The van der Waals surface area contributed by atoms with Crippen LogP contribution in [0.15, 0.2) is 12.1 Å². The zero-order valence-electron chi connectivity index (χ0n) is 11.1. The Morgan fingerprint density at radius 3 is 2.60 bits per heavy atom. The number of amides is 1. The summed E-state index contributed by atoms with van der Waals surface area (Å²) in [6, 6.07) is 1.86. The van der Waals surface area contributed by atoms with Gasteiger partial charge in [-0.25, -0.2) is 10.5 Å². The molecule has 0 aliphatic rings. The number of carbonyl (C=O) groups excluding carboxylic acids is 1. The van der Waals surface area contributed by atoms with Gasteiger partial charge in [0.25, 0.3) is 5.91 Å². The number of rotatable bonds is 6. The number of pyridine rings is 1. The van der Waals surface area contributed by atoms with Crippen LogP contribution < -0.4 is 5.48 Å². The van der Waals surface area contributed by atoms with Crippen molar-refractivity contribution in [1.82, 2.24) is 10.5 Å². The Labute approximate surface area is 114 Å². The van der Waals surface area contributed by atoms with Gasteiger partial charge in [0.2, 0.25) is 0 Å². The number of nitrogens with one attached hydrogen (secondary N) is 1. The van der Waals surface area contributed by atoms with E-state index >= 15 is 0 Å². The third-order valence-electron chi connectivity index (χ3n) is 2.47. The number of hydrogen-bond acceptors (Lipinski definition) is 4. The SMILES string of the molecule is COCCCc1nc(C(F)(F)F)ccc1C(=O)NOC. The number of methoxy groups -OCH3 is 1. The number of nitrogens with zero attached hydrogens (tertiary/aromatic N) is 1. The second-order valence-electron chi connectivity index (χ2n) is 3.92. The second kappa shape index (κ2) is 7.20. The summed E-state index contributed by atoms with van der Waals surface area (Å²) in [5.41, 5.74) is 1.14. The number of ether oxygens (including phenoxy) is 1. The summed E-state index contributed by atoms with van der Waals surface area (Å²) in [5.74, 6) is -0.638. The van der Waals surface area contributed by atoms with Gasteiger partial charge in [-0.05, 0) is 25.0 Å². The van der Waals surface area contributed by atoms with Crippen LogP contribution in [-0.2, 0) is 22.2 Å². The first-order chi connectivity index (χ1) is 9.40. The molecule has 0 radical (unpaired) electrons. The lowest BCUT2D eigenvalue weighted by atomic mass is 10.1. The van der Waals surface area contributed by atoms with Gasteiger partial charge in [0.15, 0.2) is 0 Å². The summed E-state index contributed by atoms with van der Waals surface area (Å²) in [4.78, 5) is 19.7. The molecule has 0 bridgehead atoms. The lowest BCUT2D eigenvalue weighted by molar-refractivity contribution is -0.141. The van der Waals surface area contributed by atoms with Crippen molar-refractivity contribution in [2.75, 3.05) is 20.8 Å². The highest BCUT2D eigenvalue weighted by atomic mass is 19.4. The second-order valence-corrected chi connectivity index (χ2v) is 3.92. The molecule has 1 heterocycles. The molecule has 0 spiro atoms. The molecular formula is C12H15F3N2O3. The van der Waals surface area contributed by atoms with Crippen LogP contribution in [0.3, 0.4) is 0 Å². The molecule has 1 rings (SSSR count). The van der Waals surface area contributed by atoms with Crippen molar-refractivity contribution < 1.29 is 27.5 Å². The predicted molar refractivity (Wildman–Crippen MR) is 63.9 cm³/mol. The average Bonchev–Trinajstić information content (AvgIpc) is 2.38. The van der Waals surface area contributed by atoms with Gasteiger partial charge < -0.3 is 4.74 Å². The van der Waals surface area contributed by atoms with Crippen LogP contribution in [0.5, 0.6) is 0 Å². The molecule has 0 aliphatic heterocycles. The Morgan fingerprint density at radius 2 is 2.05 bits per heavy atom. The summed E-state index contributed by atoms with van der Waals surface area (Å²) in [5, 5.41) is 0. The molecule has 1 amide bonds. The number of aromatic nitrogens is 1. The summed E-state index contributed by atoms with van der Waals surface area (Å²) < 4.78 is 42.7. The number of hydroxylamine groups is 1. The summed E-state index contributed by atoms with van der Waals surface area (Å²) >= 11 is 0. The molecule has 1 N–H and O–H groups in total.